The molecule has 0 spiro atoms. The molecule has 1 aliphatic carbocycles. The van der Waals surface area contributed by atoms with Gasteiger partial charge in [0.2, 0.25) is 10.0 Å². The van der Waals surface area contributed by atoms with Crippen molar-refractivity contribution in [2.75, 3.05) is 0 Å². The Balaban J connectivity index is 1.86. The van der Waals surface area contributed by atoms with Crippen LogP contribution >= 0.6 is 11.6 Å². The molecule has 0 amide bonds. The number of hydrogen-bond donors (Lipinski definition) is 1. The van der Waals surface area contributed by atoms with Crippen molar-refractivity contribution in [3.8, 4) is 11.3 Å². The molecule has 178 valence electrons. The van der Waals surface area contributed by atoms with Gasteiger partial charge in [0.15, 0.2) is 0 Å². The third-order valence-electron chi connectivity index (χ3n) is 5.48. The molecule has 33 heavy (non-hydrogen) atoms. The molecule has 1 fully saturated rings. The first-order chi connectivity index (χ1) is 15.4. The van der Waals surface area contributed by atoms with E-state index in [2.05, 4.69) is 9.71 Å². The van der Waals surface area contributed by atoms with Gasteiger partial charge in [0.25, 0.3) is 6.43 Å². The van der Waals surface area contributed by atoms with Crippen LogP contribution in [0.15, 0.2) is 36.7 Å². The Morgan fingerprint density at radius 1 is 1.24 bits per heavy atom. The molecule has 0 bridgehead atoms. The van der Waals surface area contributed by atoms with Crippen LogP contribution < -0.4 is 4.72 Å². The maximum absolute atomic E-state index is 14.1. The van der Waals surface area contributed by atoms with Gasteiger partial charge in [-0.1, -0.05) is 44.5 Å². The second-order valence-corrected chi connectivity index (χ2v) is 12.1. The monoisotopic (exact) mass is 499 g/mol. The predicted molar refractivity (Wildman–Crippen MR) is 123 cm³/mol. The highest BCUT2D eigenvalue weighted by Crippen LogP contribution is 2.37. The summed E-state index contributed by atoms with van der Waals surface area (Å²) in [5.74, 6) is -0.564. The summed E-state index contributed by atoms with van der Waals surface area (Å²) in [4.78, 5) is 4.08. The Bertz CT molecular complexity index is 1300. The molecule has 2 aromatic heterocycles. The van der Waals surface area contributed by atoms with Gasteiger partial charge in [-0.3, -0.25) is 4.98 Å². The summed E-state index contributed by atoms with van der Waals surface area (Å²) in [6.07, 6.45) is 0.675. The van der Waals surface area contributed by atoms with E-state index in [1.54, 1.807) is 24.4 Å². The second kappa shape index (κ2) is 8.60. The maximum Gasteiger partial charge on any atom is 0.258 e. The van der Waals surface area contributed by atoms with E-state index in [0.717, 1.165) is 12.3 Å². The zero-order valence-corrected chi connectivity index (χ0v) is 20.0. The number of nitrogens with one attached hydrogen (secondary N) is 1. The van der Waals surface area contributed by atoms with Gasteiger partial charge in [-0.15, -0.1) is 0 Å². The minimum atomic E-state index is -3.84. The molecule has 1 aliphatic rings. The molecule has 0 saturated heterocycles. The molecule has 4 rings (SSSR count). The summed E-state index contributed by atoms with van der Waals surface area (Å²) < 4.78 is 70.7. The quantitative estimate of drug-likeness (QED) is 0.438. The lowest BCUT2D eigenvalue weighted by Gasteiger charge is -2.20. The van der Waals surface area contributed by atoms with E-state index in [9.17, 15) is 21.6 Å². The maximum atomic E-state index is 14.1. The Morgan fingerprint density at radius 2 is 1.94 bits per heavy atom. The van der Waals surface area contributed by atoms with E-state index in [1.165, 1.54) is 0 Å². The fraction of sp³-hybridized carbons (Fsp3) is 0.435. The zero-order valence-electron chi connectivity index (χ0n) is 18.4. The fourth-order valence-corrected chi connectivity index (χ4v) is 5.68. The second-order valence-electron chi connectivity index (χ2n) is 9.66. The number of halogens is 4. The van der Waals surface area contributed by atoms with E-state index in [1.807, 2.05) is 25.3 Å². The van der Waals surface area contributed by atoms with Gasteiger partial charge in [0.05, 0.1) is 22.2 Å². The average molecular weight is 500 g/mol. The smallest absolute Gasteiger partial charge is 0.258 e. The van der Waals surface area contributed by atoms with Crippen LogP contribution in [-0.2, 0) is 16.6 Å². The number of sulfonamides is 1. The first-order valence-corrected chi connectivity index (χ1v) is 12.5. The molecular formula is C23H25ClF3N3O2S. The van der Waals surface area contributed by atoms with Gasteiger partial charge in [-0.2, -0.15) is 0 Å². The van der Waals surface area contributed by atoms with E-state index >= 15 is 0 Å². The van der Waals surface area contributed by atoms with E-state index in [0.29, 0.717) is 41.5 Å². The molecule has 1 aromatic carbocycles. The first kappa shape index (κ1) is 24.0. The molecule has 0 unspecified atom stereocenters. The van der Waals surface area contributed by atoms with Crippen LogP contribution in [0.3, 0.4) is 0 Å². The molecule has 1 saturated carbocycles. The molecular weight excluding hydrogens is 475 g/mol. The van der Waals surface area contributed by atoms with Crippen LogP contribution in [-0.4, -0.2) is 29.6 Å². The van der Waals surface area contributed by atoms with Crippen LogP contribution in [0.5, 0.6) is 0 Å². The largest absolute Gasteiger partial charge is 0.347 e. The number of aromatic nitrogens is 2. The summed E-state index contributed by atoms with van der Waals surface area (Å²) in [5.41, 5.74) is 1.62. The van der Waals surface area contributed by atoms with Crippen LogP contribution in [0.1, 0.15) is 45.2 Å². The summed E-state index contributed by atoms with van der Waals surface area (Å²) in [6.45, 7) is 6.55. The highest BCUT2D eigenvalue weighted by Gasteiger charge is 2.40. The molecule has 2 heterocycles. The fourth-order valence-electron chi connectivity index (χ4n) is 3.89. The molecule has 0 radical (unpaired) electrons. The Kier molecular flexibility index (Phi) is 6.26. The van der Waals surface area contributed by atoms with E-state index in [-0.39, 0.29) is 16.0 Å². The first-order valence-electron chi connectivity index (χ1n) is 10.6. The minimum absolute atomic E-state index is 0.131. The summed E-state index contributed by atoms with van der Waals surface area (Å²) >= 11 is 6.18. The molecule has 1 atom stereocenters. The number of nitrogens with zero attached hydrogens (tertiary/aromatic N) is 2. The lowest BCUT2D eigenvalue weighted by atomic mass is 9.97. The predicted octanol–water partition coefficient (Wildman–Crippen LogP) is 5.93. The topological polar surface area (TPSA) is 64.0 Å². The summed E-state index contributed by atoms with van der Waals surface area (Å²) in [6, 6.07) is 4.57. The van der Waals surface area contributed by atoms with E-state index in [4.69, 9.17) is 11.6 Å². The van der Waals surface area contributed by atoms with Crippen molar-refractivity contribution in [1.29, 1.82) is 0 Å². The summed E-state index contributed by atoms with van der Waals surface area (Å²) in [5, 5.41) is 0.0242. The highest BCUT2D eigenvalue weighted by atomic mass is 35.5. The number of rotatable bonds is 7. The third-order valence-corrected chi connectivity index (χ3v) is 7.70. The third kappa shape index (κ3) is 5.20. The van der Waals surface area contributed by atoms with Crippen LogP contribution in [0.2, 0.25) is 5.02 Å². The van der Waals surface area contributed by atoms with Crippen molar-refractivity contribution in [2.24, 2.45) is 5.41 Å². The van der Waals surface area contributed by atoms with Crippen molar-refractivity contribution in [3.63, 3.8) is 0 Å². The normalized spacial score (nSPS) is 16.0. The van der Waals surface area contributed by atoms with Crippen molar-refractivity contribution in [2.45, 2.75) is 57.9 Å². The number of hydrogen-bond acceptors (Lipinski definition) is 3. The Hall–Kier alpha value is -2.10. The van der Waals surface area contributed by atoms with Gasteiger partial charge in [0, 0.05) is 34.8 Å². The molecule has 3 aromatic rings. The lowest BCUT2D eigenvalue weighted by molar-refractivity contribution is 0.109. The Labute approximate surface area is 196 Å². The number of pyridine rings is 1. The number of alkyl halides is 2. The zero-order chi connectivity index (χ0) is 24.1. The number of fused-ring (bicyclic) bond motifs is 1. The molecule has 10 heteroatoms. The standard InChI is InChI=1S/C23H25ClF3N3O2S/c1-23(2,3)12-30-11-17(21(22(26)27)29-33(31,32)15-5-6-15)16-7-4-13(8-19(16)30)20-18(24)9-14(25)10-28-20/h4,7-11,15,21-22,29H,5-6,12H2,1-3H3/t21-/m0/s1. The van der Waals surface area contributed by atoms with E-state index < -0.39 is 33.6 Å². The molecule has 1 N–H and O–H groups in total. The van der Waals surface area contributed by atoms with Gasteiger partial charge >= 0.3 is 0 Å². The SMILES string of the molecule is CC(C)(C)Cn1cc([C@H](NS(=O)(=O)C2CC2)C(F)F)c2ccc(-c3ncc(F)cc3Cl)cc21. The van der Waals surface area contributed by atoms with Crippen LogP contribution in [0.4, 0.5) is 13.2 Å². The molecule has 0 aliphatic heterocycles. The van der Waals surface area contributed by atoms with Gasteiger partial charge in [-0.05, 0) is 30.4 Å². The number of benzene rings is 1. The van der Waals surface area contributed by atoms with Crippen molar-refractivity contribution in [3.05, 3.63) is 53.1 Å². The average Bonchev–Trinajstić information content (AvgIpc) is 3.50. The van der Waals surface area contributed by atoms with Gasteiger partial charge in [-0.25, -0.2) is 26.3 Å². The van der Waals surface area contributed by atoms with Crippen molar-refractivity contribution >= 4 is 32.5 Å². The molecule has 5 nitrogen and oxygen atoms in total. The summed E-state index contributed by atoms with van der Waals surface area (Å²) in [7, 11) is -3.84. The lowest BCUT2D eigenvalue weighted by Crippen LogP contribution is -2.35. The minimum Gasteiger partial charge on any atom is -0.347 e. The van der Waals surface area contributed by atoms with Crippen molar-refractivity contribution < 1.29 is 21.6 Å². The highest BCUT2D eigenvalue weighted by molar-refractivity contribution is 7.90. The van der Waals surface area contributed by atoms with Gasteiger partial charge in [0.1, 0.15) is 11.9 Å². The van der Waals surface area contributed by atoms with Crippen LogP contribution in [0, 0.1) is 11.2 Å². The Morgan fingerprint density at radius 3 is 2.52 bits per heavy atom. The van der Waals surface area contributed by atoms with Gasteiger partial charge < -0.3 is 4.57 Å². The van der Waals surface area contributed by atoms with Crippen LogP contribution in [0.25, 0.3) is 22.2 Å². The van der Waals surface area contributed by atoms with Crippen molar-refractivity contribution in [1.82, 2.24) is 14.3 Å².